The molecule has 0 saturated carbocycles. The quantitative estimate of drug-likeness (QED) is 0.309. The standard InChI is InChI=1S/C24H23Cl2N5O2S/c1-12(2)22-27-9-13(3)21(30-22)16-6-7-18(25)19(8-16)31-14(4)28-23(20(26)24(31)32)33-10-17-11-34-15(5)29-17/h6-9,11-12H,10H2,1-5H3. The van der Waals surface area contributed by atoms with E-state index in [-0.39, 0.29) is 23.4 Å². The first kappa shape index (κ1) is 24.3. The Morgan fingerprint density at radius 2 is 1.88 bits per heavy atom. The van der Waals surface area contributed by atoms with Crippen molar-refractivity contribution in [1.29, 1.82) is 0 Å². The third kappa shape index (κ3) is 4.85. The second-order valence-corrected chi connectivity index (χ2v) is 9.99. The van der Waals surface area contributed by atoms with Gasteiger partial charge >= 0.3 is 0 Å². The summed E-state index contributed by atoms with van der Waals surface area (Å²) in [6, 6.07) is 5.42. The van der Waals surface area contributed by atoms with Gasteiger partial charge in [0.2, 0.25) is 5.88 Å². The van der Waals surface area contributed by atoms with Gasteiger partial charge in [-0.05, 0) is 38.5 Å². The number of aromatic nitrogens is 5. The molecule has 0 bridgehead atoms. The van der Waals surface area contributed by atoms with E-state index in [1.165, 1.54) is 15.9 Å². The summed E-state index contributed by atoms with van der Waals surface area (Å²) in [5.41, 5.74) is 3.24. The number of rotatable bonds is 6. The third-order valence-corrected chi connectivity index (χ3v) is 6.62. The molecule has 0 aliphatic rings. The molecule has 0 unspecified atom stereocenters. The predicted molar refractivity (Wildman–Crippen MR) is 136 cm³/mol. The van der Waals surface area contributed by atoms with Crippen molar-refractivity contribution in [2.24, 2.45) is 0 Å². The lowest BCUT2D eigenvalue weighted by Crippen LogP contribution is -2.24. The second-order valence-electron chi connectivity index (χ2n) is 8.15. The van der Waals surface area contributed by atoms with Crippen LogP contribution in [0.15, 0.2) is 34.6 Å². The minimum absolute atomic E-state index is 0.0616. The van der Waals surface area contributed by atoms with Gasteiger partial charge in [-0.15, -0.1) is 11.3 Å². The number of hydrogen-bond acceptors (Lipinski definition) is 7. The average Bonchev–Trinajstić information content (AvgIpc) is 3.22. The van der Waals surface area contributed by atoms with Crippen molar-refractivity contribution in [3.63, 3.8) is 0 Å². The minimum atomic E-state index is -0.472. The molecule has 176 valence electrons. The van der Waals surface area contributed by atoms with E-state index < -0.39 is 5.56 Å². The summed E-state index contributed by atoms with van der Waals surface area (Å²) in [4.78, 5) is 31.2. The second kappa shape index (κ2) is 9.82. The number of benzene rings is 1. The van der Waals surface area contributed by atoms with E-state index in [0.717, 1.165) is 33.3 Å². The van der Waals surface area contributed by atoms with Gasteiger partial charge in [-0.3, -0.25) is 9.36 Å². The van der Waals surface area contributed by atoms with Crippen molar-refractivity contribution >= 4 is 34.5 Å². The zero-order valence-corrected chi connectivity index (χ0v) is 21.7. The molecular formula is C24H23Cl2N5O2S. The molecule has 3 aromatic heterocycles. The van der Waals surface area contributed by atoms with Crippen LogP contribution in [0.3, 0.4) is 0 Å². The fraction of sp³-hybridized carbons (Fsp3) is 0.292. The van der Waals surface area contributed by atoms with Gasteiger partial charge < -0.3 is 4.74 Å². The lowest BCUT2D eigenvalue weighted by molar-refractivity contribution is 0.287. The monoisotopic (exact) mass is 515 g/mol. The van der Waals surface area contributed by atoms with Crippen molar-refractivity contribution in [2.75, 3.05) is 0 Å². The Morgan fingerprint density at radius 1 is 1.12 bits per heavy atom. The summed E-state index contributed by atoms with van der Waals surface area (Å²) in [5.74, 6) is 1.37. The molecule has 1 aromatic carbocycles. The van der Waals surface area contributed by atoms with Crippen molar-refractivity contribution in [3.8, 4) is 22.8 Å². The predicted octanol–water partition coefficient (Wildman–Crippen LogP) is 6.08. The summed E-state index contributed by atoms with van der Waals surface area (Å²) < 4.78 is 7.08. The third-order valence-electron chi connectivity index (χ3n) is 5.16. The highest BCUT2D eigenvalue weighted by molar-refractivity contribution is 7.09. The Bertz CT molecular complexity index is 1430. The number of thiazole rings is 1. The molecule has 0 radical (unpaired) electrons. The van der Waals surface area contributed by atoms with E-state index in [2.05, 4.69) is 15.0 Å². The first-order chi connectivity index (χ1) is 16.2. The summed E-state index contributed by atoms with van der Waals surface area (Å²) in [6.45, 7) is 9.80. The van der Waals surface area contributed by atoms with E-state index in [4.69, 9.17) is 32.9 Å². The first-order valence-corrected chi connectivity index (χ1v) is 12.3. The zero-order valence-electron chi connectivity index (χ0n) is 19.4. The highest BCUT2D eigenvalue weighted by atomic mass is 35.5. The fourth-order valence-electron chi connectivity index (χ4n) is 3.44. The van der Waals surface area contributed by atoms with Crippen LogP contribution in [0.25, 0.3) is 16.9 Å². The van der Waals surface area contributed by atoms with Crippen molar-refractivity contribution in [2.45, 2.75) is 47.1 Å². The van der Waals surface area contributed by atoms with E-state index in [0.29, 0.717) is 16.5 Å². The molecular weight excluding hydrogens is 493 g/mol. The number of ether oxygens (including phenoxy) is 1. The molecule has 0 saturated heterocycles. The summed E-state index contributed by atoms with van der Waals surface area (Å²) >= 11 is 14.4. The lowest BCUT2D eigenvalue weighted by atomic mass is 10.1. The highest BCUT2D eigenvalue weighted by Crippen LogP contribution is 2.30. The maximum absolute atomic E-state index is 13.2. The average molecular weight is 516 g/mol. The van der Waals surface area contributed by atoms with Gasteiger partial charge in [-0.1, -0.05) is 43.1 Å². The molecule has 4 rings (SSSR count). The Hall–Kier alpha value is -2.81. The van der Waals surface area contributed by atoms with Crippen molar-refractivity contribution in [3.05, 3.63) is 78.1 Å². The topological polar surface area (TPSA) is 82.8 Å². The van der Waals surface area contributed by atoms with Crippen LogP contribution in [0, 0.1) is 20.8 Å². The van der Waals surface area contributed by atoms with Crippen molar-refractivity contribution < 1.29 is 4.74 Å². The number of hydrogen-bond donors (Lipinski definition) is 0. The van der Waals surface area contributed by atoms with Gasteiger partial charge in [0.25, 0.3) is 5.56 Å². The van der Waals surface area contributed by atoms with Crippen LogP contribution >= 0.6 is 34.5 Å². The van der Waals surface area contributed by atoms with Crippen LogP contribution in [0.4, 0.5) is 0 Å². The summed E-state index contributed by atoms with van der Waals surface area (Å²) in [6.07, 6.45) is 1.80. The van der Waals surface area contributed by atoms with Crippen LogP contribution in [0.5, 0.6) is 5.88 Å². The van der Waals surface area contributed by atoms with Gasteiger partial charge in [0.15, 0.2) is 5.02 Å². The van der Waals surface area contributed by atoms with Crippen LogP contribution in [-0.4, -0.2) is 24.5 Å². The molecule has 0 N–H and O–H groups in total. The molecule has 0 fully saturated rings. The fourth-order valence-corrected chi connectivity index (χ4v) is 4.42. The highest BCUT2D eigenvalue weighted by Gasteiger charge is 2.19. The van der Waals surface area contributed by atoms with E-state index in [9.17, 15) is 4.79 Å². The molecule has 0 spiro atoms. The lowest BCUT2D eigenvalue weighted by Gasteiger charge is -2.16. The van der Waals surface area contributed by atoms with Crippen LogP contribution in [0.1, 0.15) is 47.7 Å². The normalized spacial score (nSPS) is 11.3. The molecule has 0 aliphatic carbocycles. The smallest absolute Gasteiger partial charge is 0.280 e. The molecule has 3 heterocycles. The molecule has 7 nitrogen and oxygen atoms in total. The zero-order chi connectivity index (χ0) is 24.6. The van der Waals surface area contributed by atoms with Crippen molar-refractivity contribution in [1.82, 2.24) is 24.5 Å². The van der Waals surface area contributed by atoms with E-state index in [1.54, 1.807) is 19.2 Å². The number of aryl methyl sites for hydroxylation is 3. The Labute approximate surface area is 211 Å². The van der Waals surface area contributed by atoms with Gasteiger partial charge in [-0.2, -0.15) is 4.98 Å². The molecule has 10 heteroatoms. The maximum Gasteiger partial charge on any atom is 0.280 e. The largest absolute Gasteiger partial charge is 0.470 e. The van der Waals surface area contributed by atoms with E-state index >= 15 is 0 Å². The maximum atomic E-state index is 13.2. The number of nitrogens with zero attached hydrogens (tertiary/aromatic N) is 5. The first-order valence-electron chi connectivity index (χ1n) is 10.6. The Balaban J connectivity index is 1.76. The molecule has 34 heavy (non-hydrogen) atoms. The van der Waals surface area contributed by atoms with Gasteiger partial charge in [0, 0.05) is 23.1 Å². The summed E-state index contributed by atoms with van der Waals surface area (Å²) in [7, 11) is 0. The molecule has 4 aromatic rings. The SMILES string of the molecule is Cc1nc(COc2nc(C)n(-c3cc(-c4nc(C(C)C)ncc4C)ccc3Cl)c(=O)c2Cl)cs1. The Morgan fingerprint density at radius 3 is 2.56 bits per heavy atom. The molecule has 0 atom stereocenters. The van der Waals surface area contributed by atoms with Crippen LogP contribution in [0.2, 0.25) is 10.0 Å². The summed E-state index contributed by atoms with van der Waals surface area (Å²) in [5, 5.41) is 3.08. The molecule has 0 amide bonds. The minimum Gasteiger partial charge on any atom is -0.470 e. The van der Waals surface area contributed by atoms with Gasteiger partial charge in [0.05, 0.1) is 27.1 Å². The van der Waals surface area contributed by atoms with Crippen LogP contribution < -0.4 is 10.3 Å². The molecule has 0 aliphatic heterocycles. The van der Waals surface area contributed by atoms with E-state index in [1.807, 2.05) is 45.2 Å². The number of halogens is 2. The van der Waals surface area contributed by atoms with Gasteiger partial charge in [0.1, 0.15) is 18.3 Å². The van der Waals surface area contributed by atoms with Crippen LogP contribution in [-0.2, 0) is 6.61 Å². The Kier molecular flexibility index (Phi) is 7.02. The van der Waals surface area contributed by atoms with Gasteiger partial charge in [-0.25, -0.2) is 15.0 Å².